The van der Waals surface area contributed by atoms with Gasteiger partial charge in [0.1, 0.15) is 5.60 Å². The van der Waals surface area contributed by atoms with E-state index in [1.165, 1.54) is 30.8 Å². The Balaban J connectivity index is 2.17. The van der Waals surface area contributed by atoms with Gasteiger partial charge in [-0.15, -0.1) is 0 Å². The first kappa shape index (κ1) is 19.1. The molecule has 144 valence electrons. The van der Waals surface area contributed by atoms with Gasteiger partial charge in [0, 0.05) is 27.2 Å². The fourth-order valence-electron chi connectivity index (χ4n) is 3.39. The third kappa shape index (κ3) is 3.20. The van der Waals surface area contributed by atoms with E-state index in [1.54, 1.807) is 10.6 Å². The second-order valence-corrected chi connectivity index (χ2v) is 9.08. The van der Waals surface area contributed by atoms with E-state index in [1.807, 2.05) is 6.92 Å². The van der Waals surface area contributed by atoms with Crippen molar-refractivity contribution in [1.82, 2.24) is 13.4 Å². The van der Waals surface area contributed by atoms with Crippen molar-refractivity contribution in [3.8, 4) is 0 Å². The van der Waals surface area contributed by atoms with Crippen molar-refractivity contribution in [2.24, 2.45) is 0 Å². The number of benzene rings is 1. The highest BCUT2D eigenvalue weighted by atomic mass is 32.2. The summed E-state index contributed by atoms with van der Waals surface area (Å²) in [6.07, 6.45) is 1.26. The minimum absolute atomic E-state index is 0.0702. The first-order chi connectivity index (χ1) is 12.2. The molecule has 1 aliphatic rings. The zero-order valence-electron chi connectivity index (χ0n) is 15.3. The van der Waals surface area contributed by atoms with Gasteiger partial charge in [0.25, 0.3) is 0 Å². The Kier molecular flexibility index (Phi) is 5.00. The predicted molar refractivity (Wildman–Crippen MR) is 97.7 cm³/mol. The van der Waals surface area contributed by atoms with Crippen LogP contribution in [0, 0.1) is 0 Å². The first-order valence-electron chi connectivity index (χ1n) is 8.65. The Bertz CT molecular complexity index is 968. The molecule has 1 atom stereocenters. The van der Waals surface area contributed by atoms with Gasteiger partial charge in [-0.2, -0.15) is 0 Å². The quantitative estimate of drug-likeness (QED) is 0.817. The number of hydrogen-bond acceptors (Lipinski definition) is 5. The van der Waals surface area contributed by atoms with Gasteiger partial charge in [-0.05, 0) is 38.0 Å². The van der Waals surface area contributed by atoms with Gasteiger partial charge in [0.15, 0.2) is 0 Å². The van der Waals surface area contributed by atoms with Crippen LogP contribution in [0.5, 0.6) is 0 Å². The molecule has 2 aromatic rings. The second kappa shape index (κ2) is 6.80. The molecule has 3 rings (SSSR count). The van der Waals surface area contributed by atoms with Crippen molar-refractivity contribution in [2.45, 2.75) is 43.4 Å². The fourth-order valence-corrected chi connectivity index (χ4v) is 4.31. The third-order valence-electron chi connectivity index (χ3n) is 4.84. The highest BCUT2D eigenvalue weighted by Crippen LogP contribution is 2.25. The van der Waals surface area contributed by atoms with E-state index in [0.29, 0.717) is 30.6 Å². The van der Waals surface area contributed by atoms with Crippen LogP contribution in [0.15, 0.2) is 27.9 Å². The van der Waals surface area contributed by atoms with E-state index in [2.05, 4.69) is 0 Å². The monoisotopic (exact) mass is 383 g/mol. The van der Waals surface area contributed by atoms with E-state index in [4.69, 9.17) is 4.74 Å². The minimum atomic E-state index is -3.62. The van der Waals surface area contributed by atoms with Crippen LogP contribution < -0.4 is 5.69 Å². The lowest BCUT2D eigenvalue weighted by atomic mass is 9.96. The van der Waals surface area contributed by atoms with Crippen LogP contribution >= 0.6 is 0 Å². The lowest BCUT2D eigenvalue weighted by Crippen LogP contribution is -2.44. The number of ether oxygens (including phenoxy) is 1. The first-order valence-corrected chi connectivity index (χ1v) is 10.1. The number of aliphatic hydroxyl groups is 1. The van der Waals surface area contributed by atoms with Crippen molar-refractivity contribution >= 4 is 21.1 Å². The normalized spacial score (nSPS) is 21.6. The summed E-state index contributed by atoms with van der Waals surface area (Å²) in [6, 6.07) is 4.66. The zero-order chi connectivity index (χ0) is 19.1. The molecule has 0 amide bonds. The maximum Gasteiger partial charge on any atom is 0.329 e. The molecule has 1 unspecified atom stereocenters. The van der Waals surface area contributed by atoms with Gasteiger partial charge in [0.05, 0.1) is 29.1 Å². The number of nitrogens with zero attached hydrogens (tertiary/aromatic N) is 3. The molecule has 1 aliphatic heterocycles. The molecule has 0 saturated carbocycles. The number of imidazole rings is 1. The average molecular weight is 383 g/mol. The van der Waals surface area contributed by atoms with Crippen LogP contribution in [0.3, 0.4) is 0 Å². The van der Waals surface area contributed by atoms with Crippen molar-refractivity contribution < 1.29 is 18.3 Å². The number of fused-ring (bicyclic) bond motifs is 1. The molecular formula is C17H25N3O5S. The highest BCUT2D eigenvalue weighted by Gasteiger charge is 2.32. The molecule has 0 spiro atoms. The number of aryl methyl sites for hydroxylation is 1. The smallest absolute Gasteiger partial charge is 0.329 e. The van der Waals surface area contributed by atoms with Crippen molar-refractivity contribution in [1.29, 1.82) is 0 Å². The number of sulfonamides is 1. The average Bonchev–Trinajstić information content (AvgIpc) is 2.86. The Morgan fingerprint density at radius 2 is 2.00 bits per heavy atom. The molecule has 1 saturated heterocycles. The van der Waals surface area contributed by atoms with Crippen molar-refractivity contribution in [2.75, 3.05) is 27.3 Å². The van der Waals surface area contributed by atoms with Crippen LogP contribution in [-0.2, 0) is 27.8 Å². The largest absolute Gasteiger partial charge is 0.386 e. The van der Waals surface area contributed by atoms with Crippen LogP contribution in [0.25, 0.3) is 11.0 Å². The summed E-state index contributed by atoms with van der Waals surface area (Å²) in [7, 11) is -0.694. The van der Waals surface area contributed by atoms with Gasteiger partial charge in [-0.1, -0.05) is 0 Å². The van der Waals surface area contributed by atoms with E-state index >= 15 is 0 Å². The molecule has 2 heterocycles. The van der Waals surface area contributed by atoms with E-state index in [9.17, 15) is 18.3 Å². The third-order valence-corrected chi connectivity index (χ3v) is 6.65. The lowest BCUT2D eigenvalue weighted by Gasteiger charge is -2.32. The standard InChI is InChI=1S/C17H25N3O5S/c1-4-19-14-7-6-13(26(23,24)18(2)3)10-15(14)20(16(19)21)11-17(22)8-5-9-25-12-17/h6-7,10,22H,4-5,8-9,11-12H2,1-3H3. The van der Waals surface area contributed by atoms with Crippen LogP contribution in [0.4, 0.5) is 0 Å². The maximum absolute atomic E-state index is 12.8. The van der Waals surface area contributed by atoms with E-state index in [-0.39, 0.29) is 23.7 Å². The molecule has 1 aromatic heterocycles. The summed E-state index contributed by atoms with van der Waals surface area (Å²) in [5, 5.41) is 10.8. The van der Waals surface area contributed by atoms with Crippen molar-refractivity contribution in [3.05, 3.63) is 28.7 Å². The highest BCUT2D eigenvalue weighted by molar-refractivity contribution is 7.89. The van der Waals surface area contributed by atoms with E-state index < -0.39 is 15.6 Å². The topological polar surface area (TPSA) is 93.8 Å². The molecule has 0 aliphatic carbocycles. The summed E-state index contributed by atoms with van der Waals surface area (Å²) in [6.45, 7) is 3.14. The number of aromatic nitrogens is 2. The Labute approximate surface area is 152 Å². The molecule has 1 fully saturated rings. The van der Waals surface area contributed by atoms with Gasteiger partial charge in [-0.3, -0.25) is 9.13 Å². The van der Waals surface area contributed by atoms with Gasteiger partial charge in [0.2, 0.25) is 10.0 Å². The fraction of sp³-hybridized carbons (Fsp3) is 0.588. The van der Waals surface area contributed by atoms with Gasteiger partial charge < -0.3 is 9.84 Å². The van der Waals surface area contributed by atoms with Crippen LogP contribution in [0.1, 0.15) is 19.8 Å². The minimum Gasteiger partial charge on any atom is -0.386 e. The molecule has 8 nitrogen and oxygen atoms in total. The zero-order valence-corrected chi connectivity index (χ0v) is 16.1. The summed E-state index contributed by atoms with van der Waals surface area (Å²) in [5.41, 5.74) is -0.249. The number of rotatable bonds is 5. The Morgan fingerprint density at radius 1 is 1.27 bits per heavy atom. The van der Waals surface area contributed by atoms with E-state index in [0.717, 1.165) is 10.7 Å². The van der Waals surface area contributed by atoms with Crippen LogP contribution in [0.2, 0.25) is 0 Å². The molecule has 26 heavy (non-hydrogen) atoms. The molecular weight excluding hydrogens is 358 g/mol. The lowest BCUT2D eigenvalue weighted by molar-refractivity contribution is -0.0941. The predicted octanol–water partition coefficient (Wildman–Crippen LogP) is 0.615. The summed E-state index contributed by atoms with van der Waals surface area (Å²) in [4.78, 5) is 13.0. The van der Waals surface area contributed by atoms with Gasteiger partial charge >= 0.3 is 5.69 Å². The maximum atomic E-state index is 12.8. The molecule has 9 heteroatoms. The SMILES string of the molecule is CCn1c(=O)n(CC2(O)CCCOC2)c2cc(S(=O)(=O)N(C)C)ccc21. The molecule has 0 radical (unpaired) electrons. The number of hydrogen-bond donors (Lipinski definition) is 1. The molecule has 0 bridgehead atoms. The van der Waals surface area contributed by atoms with Crippen LogP contribution in [-0.4, -0.2) is 59.9 Å². The van der Waals surface area contributed by atoms with Gasteiger partial charge in [-0.25, -0.2) is 17.5 Å². The molecule has 1 N–H and O–H groups in total. The second-order valence-electron chi connectivity index (χ2n) is 6.93. The Hall–Kier alpha value is -1.68. The summed E-state index contributed by atoms with van der Waals surface area (Å²) in [5.74, 6) is 0. The summed E-state index contributed by atoms with van der Waals surface area (Å²) < 4.78 is 34.5. The summed E-state index contributed by atoms with van der Waals surface area (Å²) >= 11 is 0. The Morgan fingerprint density at radius 3 is 2.58 bits per heavy atom. The molecule has 1 aromatic carbocycles. The van der Waals surface area contributed by atoms with Crippen molar-refractivity contribution in [3.63, 3.8) is 0 Å².